The predicted molar refractivity (Wildman–Crippen MR) is 117 cm³/mol. The lowest BCUT2D eigenvalue weighted by Gasteiger charge is -2.16. The number of nitrogens with zero attached hydrogens (tertiary/aromatic N) is 1. The van der Waals surface area contributed by atoms with Crippen LogP contribution in [0.1, 0.15) is 22.3 Å². The molecule has 0 aliphatic carbocycles. The number of benzene rings is 3. The van der Waals surface area contributed by atoms with E-state index in [0.717, 1.165) is 27.9 Å². The van der Waals surface area contributed by atoms with Crippen LogP contribution in [0, 0.1) is 20.8 Å². The van der Waals surface area contributed by atoms with Crippen LogP contribution < -0.4 is 10.2 Å². The molecule has 4 heteroatoms. The largest absolute Gasteiger partial charge is 0.350 e. The standard InChI is InChI=1S/C25H22N2O2/c1-16-11-13-19(14-12-16)22-23(26-21-10-5-4-8-18(21)3)25(29)27(24(22)28)20-9-6-7-17(2)15-20/h4-15,26H,1-3H3. The normalized spacial score (nSPS) is 14.0. The van der Waals surface area contributed by atoms with E-state index in [-0.39, 0.29) is 11.8 Å². The van der Waals surface area contributed by atoms with Crippen LogP contribution in [0.25, 0.3) is 5.57 Å². The Kier molecular flexibility index (Phi) is 4.77. The van der Waals surface area contributed by atoms with Gasteiger partial charge in [0.05, 0.1) is 11.3 Å². The molecule has 0 fully saturated rings. The monoisotopic (exact) mass is 382 g/mol. The molecule has 0 saturated carbocycles. The Morgan fingerprint density at radius 1 is 0.724 bits per heavy atom. The van der Waals surface area contributed by atoms with Crippen molar-refractivity contribution in [1.82, 2.24) is 0 Å². The van der Waals surface area contributed by atoms with E-state index in [2.05, 4.69) is 5.32 Å². The molecule has 4 rings (SSSR count). The number of aryl methyl sites for hydroxylation is 3. The molecule has 0 bridgehead atoms. The third-order valence-electron chi connectivity index (χ3n) is 5.09. The lowest BCUT2D eigenvalue weighted by Crippen LogP contribution is -2.32. The molecule has 0 unspecified atom stereocenters. The summed E-state index contributed by atoms with van der Waals surface area (Å²) < 4.78 is 0. The van der Waals surface area contributed by atoms with Gasteiger partial charge in [-0.1, -0.05) is 60.2 Å². The van der Waals surface area contributed by atoms with Crippen molar-refractivity contribution in [2.75, 3.05) is 10.2 Å². The number of nitrogens with one attached hydrogen (secondary N) is 1. The Balaban J connectivity index is 1.85. The first-order chi connectivity index (χ1) is 14.0. The average molecular weight is 382 g/mol. The van der Waals surface area contributed by atoms with E-state index < -0.39 is 0 Å². The first-order valence-corrected chi connectivity index (χ1v) is 9.55. The number of rotatable bonds is 4. The van der Waals surface area contributed by atoms with Gasteiger partial charge in [0.2, 0.25) is 0 Å². The van der Waals surface area contributed by atoms with Crippen LogP contribution in [0.2, 0.25) is 0 Å². The highest BCUT2D eigenvalue weighted by Gasteiger charge is 2.40. The summed E-state index contributed by atoms with van der Waals surface area (Å²) in [6.45, 7) is 5.90. The Labute approximate surface area is 170 Å². The fraction of sp³-hybridized carbons (Fsp3) is 0.120. The Morgan fingerprint density at radius 2 is 1.45 bits per heavy atom. The minimum atomic E-state index is -0.348. The van der Waals surface area contributed by atoms with Crippen molar-refractivity contribution in [2.45, 2.75) is 20.8 Å². The van der Waals surface area contributed by atoms with E-state index >= 15 is 0 Å². The second-order valence-electron chi connectivity index (χ2n) is 7.34. The van der Waals surface area contributed by atoms with Gasteiger partial charge in [0.15, 0.2) is 0 Å². The van der Waals surface area contributed by atoms with E-state index in [1.165, 1.54) is 4.90 Å². The average Bonchev–Trinajstić information content (AvgIpc) is 2.94. The molecular formula is C25H22N2O2. The van der Waals surface area contributed by atoms with E-state index in [9.17, 15) is 9.59 Å². The maximum absolute atomic E-state index is 13.4. The Morgan fingerprint density at radius 3 is 2.14 bits per heavy atom. The number of carbonyl (C=O) groups is 2. The van der Waals surface area contributed by atoms with Gasteiger partial charge in [0, 0.05) is 5.69 Å². The molecule has 3 aromatic rings. The highest BCUT2D eigenvalue weighted by molar-refractivity contribution is 6.46. The topological polar surface area (TPSA) is 49.4 Å². The molecule has 0 saturated heterocycles. The van der Waals surface area contributed by atoms with E-state index in [1.54, 1.807) is 6.07 Å². The summed E-state index contributed by atoms with van der Waals surface area (Å²) in [5, 5.41) is 3.23. The molecule has 1 aliphatic heterocycles. The van der Waals surface area contributed by atoms with Gasteiger partial charge in [-0.2, -0.15) is 0 Å². The third-order valence-corrected chi connectivity index (χ3v) is 5.09. The summed E-state index contributed by atoms with van der Waals surface area (Å²) >= 11 is 0. The van der Waals surface area contributed by atoms with Gasteiger partial charge in [0.25, 0.3) is 11.8 Å². The van der Waals surface area contributed by atoms with Crippen LogP contribution in [-0.2, 0) is 9.59 Å². The van der Waals surface area contributed by atoms with Gasteiger partial charge >= 0.3 is 0 Å². The molecule has 4 nitrogen and oxygen atoms in total. The van der Waals surface area contributed by atoms with Crippen molar-refractivity contribution in [3.05, 3.63) is 101 Å². The van der Waals surface area contributed by atoms with Gasteiger partial charge in [-0.3, -0.25) is 9.59 Å². The second-order valence-corrected chi connectivity index (χ2v) is 7.34. The van der Waals surface area contributed by atoms with Gasteiger partial charge in [-0.05, 0) is 55.7 Å². The van der Waals surface area contributed by atoms with Gasteiger partial charge in [0.1, 0.15) is 5.70 Å². The SMILES string of the molecule is Cc1ccc(C2=C(Nc3ccccc3C)C(=O)N(c3cccc(C)c3)C2=O)cc1. The molecule has 29 heavy (non-hydrogen) atoms. The minimum Gasteiger partial charge on any atom is -0.350 e. The molecule has 0 atom stereocenters. The molecular weight excluding hydrogens is 360 g/mol. The molecule has 144 valence electrons. The molecule has 0 spiro atoms. The van der Waals surface area contributed by atoms with E-state index in [0.29, 0.717) is 17.0 Å². The second kappa shape index (κ2) is 7.40. The number of anilines is 2. The zero-order chi connectivity index (χ0) is 20.5. The summed E-state index contributed by atoms with van der Waals surface area (Å²) in [7, 11) is 0. The summed E-state index contributed by atoms with van der Waals surface area (Å²) in [5.41, 5.74) is 5.87. The predicted octanol–water partition coefficient (Wildman–Crippen LogP) is 5.01. The van der Waals surface area contributed by atoms with Crippen LogP contribution in [-0.4, -0.2) is 11.8 Å². The molecule has 3 aromatic carbocycles. The molecule has 1 heterocycles. The van der Waals surface area contributed by atoms with Crippen LogP contribution in [0.3, 0.4) is 0 Å². The maximum Gasteiger partial charge on any atom is 0.282 e. The van der Waals surface area contributed by atoms with Crippen molar-refractivity contribution in [3.8, 4) is 0 Å². The maximum atomic E-state index is 13.4. The Hall–Kier alpha value is -3.66. The van der Waals surface area contributed by atoms with Gasteiger partial charge < -0.3 is 5.32 Å². The highest BCUT2D eigenvalue weighted by atomic mass is 16.2. The quantitative estimate of drug-likeness (QED) is 0.646. The molecule has 1 N–H and O–H groups in total. The van der Waals surface area contributed by atoms with Gasteiger partial charge in [-0.25, -0.2) is 4.90 Å². The van der Waals surface area contributed by atoms with Crippen LogP contribution in [0.15, 0.2) is 78.5 Å². The van der Waals surface area contributed by atoms with Crippen molar-refractivity contribution in [1.29, 1.82) is 0 Å². The molecule has 1 aliphatic rings. The van der Waals surface area contributed by atoms with Gasteiger partial charge in [-0.15, -0.1) is 0 Å². The molecule has 0 aromatic heterocycles. The fourth-order valence-electron chi connectivity index (χ4n) is 3.48. The fourth-order valence-corrected chi connectivity index (χ4v) is 3.48. The summed E-state index contributed by atoms with van der Waals surface area (Å²) in [6, 6.07) is 22.8. The first-order valence-electron chi connectivity index (χ1n) is 9.55. The number of carbonyl (C=O) groups excluding carboxylic acids is 2. The summed E-state index contributed by atoms with van der Waals surface area (Å²) in [4.78, 5) is 28.0. The Bertz CT molecular complexity index is 1140. The van der Waals surface area contributed by atoms with Crippen LogP contribution >= 0.6 is 0 Å². The number of imide groups is 1. The number of hydrogen-bond acceptors (Lipinski definition) is 3. The minimum absolute atomic E-state index is 0.301. The van der Waals surface area contributed by atoms with E-state index in [1.807, 2.05) is 87.5 Å². The number of para-hydroxylation sites is 1. The lowest BCUT2D eigenvalue weighted by molar-refractivity contribution is -0.120. The first kappa shape index (κ1) is 18.7. The zero-order valence-corrected chi connectivity index (χ0v) is 16.7. The van der Waals surface area contributed by atoms with E-state index in [4.69, 9.17) is 0 Å². The lowest BCUT2D eigenvalue weighted by atomic mass is 10.0. The zero-order valence-electron chi connectivity index (χ0n) is 16.7. The third kappa shape index (κ3) is 3.45. The summed E-state index contributed by atoms with van der Waals surface area (Å²) in [5.74, 6) is -0.667. The van der Waals surface area contributed by atoms with Crippen LogP contribution in [0.4, 0.5) is 11.4 Å². The number of amides is 2. The summed E-state index contributed by atoms with van der Waals surface area (Å²) in [6.07, 6.45) is 0. The van der Waals surface area contributed by atoms with Crippen molar-refractivity contribution in [3.63, 3.8) is 0 Å². The smallest absolute Gasteiger partial charge is 0.282 e. The number of hydrogen-bond donors (Lipinski definition) is 1. The molecule has 2 amide bonds. The highest BCUT2D eigenvalue weighted by Crippen LogP contribution is 2.34. The van der Waals surface area contributed by atoms with Crippen molar-refractivity contribution < 1.29 is 9.59 Å². The van der Waals surface area contributed by atoms with Crippen molar-refractivity contribution >= 4 is 28.8 Å². The van der Waals surface area contributed by atoms with Crippen LogP contribution in [0.5, 0.6) is 0 Å². The van der Waals surface area contributed by atoms with Crippen molar-refractivity contribution in [2.24, 2.45) is 0 Å². The molecule has 0 radical (unpaired) electrons.